The molecular formula is C11H12O7S. The molecule has 1 aromatic carbocycles. The van der Waals surface area contributed by atoms with Crippen LogP contribution in [0.3, 0.4) is 0 Å². The van der Waals surface area contributed by atoms with Crippen molar-refractivity contribution in [3.63, 3.8) is 0 Å². The SMILES string of the molecule is COC(=O)CCC(=O)Oc1ccc(S(=O)(=O)O)cc1. The van der Waals surface area contributed by atoms with Crippen molar-refractivity contribution in [2.45, 2.75) is 17.7 Å². The fourth-order valence-corrected chi connectivity index (χ4v) is 1.65. The Morgan fingerprint density at radius 3 is 2.11 bits per heavy atom. The van der Waals surface area contributed by atoms with Gasteiger partial charge in [0.25, 0.3) is 10.1 Å². The van der Waals surface area contributed by atoms with Crippen molar-refractivity contribution in [3.05, 3.63) is 24.3 Å². The first kappa shape index (κ1) is 15.1. The van der Waals surface area contributed by atoms with E-state index in [4.69, 9.17) is 9.29 Å². The van der Waals surface area contributed by atoms with E-state index in [0.29, 0.717) is 0 Å². The lowest BCUT2D eigenvalue weighted by atomic mass is 10.3. The van der Waals surface area contributed by atoms with Crippen LogP contribution in [-0.4, -0.2) is 32.0 Å². The number of hydrogen-bond acceptors (Lipinski definition) is 6. The van der Waals surface area contributed by atoms with E-state index in [2.05, 4.69) is 4.74 Å². The average Bonchev–Trinajstić information content (AvgIpc) is 2.35. The number of carbonyl (C=O) groups is 2. The van der Waals surface area contributed by atoms with Crippen molar-refractivity contribution in [1.29, 1.82) is 0 Å². The molecule has 0 saturated carbocycles. The van der Waals surface area contributed by atoms with Crippen LogP contribution < -0.4 is 4.74 Å². The van der Waals surface area contributed by atoms with Gasteiger partial charge in [0, 0.05) is 0 Å². The second-order valence-electron chi connectivity index (χ2n) is 3.50. The number of esters is 2. The first-order chi connectivity index (χ1) is 8.82. The molecule has 0 unspecified atom stereocenters. The highest BCUT2D eigenvalue weighted by atomic mass is 32.2. The minimum Gasteiger partial charge on any atom is -0.469 e. The number of carbonyl (C=O) groups excluding carboxylic acids is 2. The summed E-state index contributed by atoms with van der Waals surface area (Å²) in [6.07, 6.45) is -0.245. The lowest BCUT2D eigenvalue weighted by Crippen LogP contribution is -2.11. The lowest BCUT2D eigenvalue weighted by molar-refractivity contribution is -0.144. The molecule has 0 atom stereocenters. The van der Waals surface area contributed by atoms with Gasteiger partial charge in [-0.3, -0.25) is 14.1 Å². The normalized spacial score (nSPS) is 10.8. The van der Waals surface area contributed by atoms with Gasteiger partial charge in [-0.2, -0.15) is 8.42 Å². The molecule has 1 rings (SSSR count). The summed E-state index contributed by atoms with van der Waals surface area (Å²) in [5.41, 5.74) is 0. The number of hydrogen-bond donors (Lipinski definition) is 1. The standard InChI is InChI=1S/C11H12O7S/c1-17-10(12)6-7-11(13)18-8-2-4-9(5-3-8)19(14,15)16/h2-5H,6-7H2,1H3,(H,14,15,16). The van der Waals surface area contributed by atoms with Crippen molar-refractivity contribution in [2.75, 3.05) is 7.11 Å². The third kappa shape index (κ3) is 5.06. The molecule has 0 aliphatic carbocycles. The number of benzene rings is 1. The van der Waals surface area contributed by atoms with E-state index < -0.39 is 22.1 Å². The fraction of sp³-hybridized carbons (Fsp3) is 0.273. The molecule has 0 bridgehead atoms. The summed E-state index contributed by atoms with van der Waals surface area (Å²) in [7, 11) is -3.06. The summed E-state index contributed by atoms with van der Waals surface area (Å²) in [5.74, 6) is -1.06. The maximum atomic E-state index is 11.3. The molecule has 1 N–H and O–H groups in total. The zero-order valence-electron chi connectivity index (χ0n) is 10.0. The van der Waals surface area contributed by atoms with Crippen LogP contribution in [0.1, 0.15) is 12.8 Å². The van der Waals surface area contributed by atoms with Crippen LogP contribution in [0.5, 0.6) is 5.75 Å². The molecule has 0 amide bonds. The predicted octanol–water partition coefficient (Wildman–Crippen LogP) is 0.792. The van der Waals surface area contributed by atoms with Crippen molar-refractivity contribution in [1.82, 2.24) is 0 Å². The van der Waals surface area contributed by atoms with Gasteiger partial charge in [0.2, 0.25) is 0 Å². The molecule has 0 saturated heterocycles. The minimum atomic E-state index is -4.27. The molecule has 0 radical (unpaired) electrons. The van der Waals surface area contributed by atoms with Gasteiger partial charge in [-0.25, -0.2) is 0 Å². The molecule has 1 aromatic rings. The van der Waals surface area contributed by atoms with E-state index in [1.165, 1.54) is 19.2 Å². The van der Waals surface area contributed by atoms with Gasteiger partial charge in [0.05, 0.1) is 24.8 Å². The molecule has 0 aromatic heterocycles. The van der Waals surface area contributed by atoms with Gasteiger partial charge in [0.15, 0.2) is 0 Å². The topological polar surface area (TPSA) is 107 Å². The maximum absolute atomic E-state index is 11.3. The van der Waals surface area contributed by atoms with Crippen LogP contribution in [0.4, 0.5) is 0 Å². The zero-order chi connectivity index (χ0) is 14.5. The number of methoxy groups -OCH3 is 1. The summed E-state index contributed by atoms with van der Waals surface area (Å²) >= 11 is 0. The fourth-order valence-electron chi connectivity index (χ4n) is 1.17. The van der Waals surface area contributed by atoms with Gasteiger partial charge in [-0.15, -0.1) is 0 Å². The Hall–Kier alpha value is -1.93. The molecule has 0 fully saturated rings. The van der Waals surface area contributed by atoms with Crippen molar-refractivity contribution in [2.24, 2.45) is 0 Å². The van der Waals surface area contributed by atoms with E-state index in [9.17, 15) is 18.0 Å². The van der Waals surface area contributed by atoms with Crippen LogP contribution >= 0.6 is 0 Å². The molecule has 0 aliphatic heterocycles. The van der Waals surface area contributed by atoms with Crippen LogP contribution in [0.25, 0.3) is 0 Å². The summed E-state index contributed by atoms with van der Waals surface area (Å²) in [5, 5.41) is 0. The molecule has 8 heteroatoms. The Morgan fingerprint density at radius 1 is 1.11 bits per heavy atom. The monoisotopic (exact) mass is 288 g/mol. The van der Waals surface area contributed by atoms with Crippen LogP contribution in [0.2, 0.25) is 0 Å². The molecule has 7 nitrogen and oxygen atoms in total. The minimum absolute atomic E-state index is 0.0988. The lowest BCUT2D eigenvalue weighted by Gasteiger charge is -2.04. The Balaban J connectivity index is 2.59. The second kappa shape index (κ2) is 6.30. The van der Waals surface area contributed by atoms with Gasteiger partial charge in [-0.05, 0) is 24.3 Å². The van der Waals surface area contributed by atoms with Gasteiger partial charge < -0.3 is 9.47 Å². The molecule has 104 valence electrons. The van der Waals surface area contributed by atoms with Gasteiger partial charge in [-0.1, -0.05) is 0 Å². The molecule has 0 spiro atoms. The smallest absolute Gasteiger partial charge is 0.311 e. The first-order valence-electron chi connectivity index (χ1n) is 5.18. The van der Waals surface area contributed by atoms with Gasteiger partial charge in [0.1, 0.15) is 5.75 Å². The number of rotatable bonds is 5. The van der Waals surface area contributed by atoms with Crippen molar-refractivity contribution < 1.29 is 32.0 Å². The Morgan fingerprint density at radius 2 is 1.63 bits per heavy atom. The van der Waals surface area contributed by atoms with Crippen LogP contribution in [0.15, 0.2) is 29.2 Å². The molecule has 0 heterocycles. The second-order valence-corrected chi connectivity index (χ2v) is 4.92. The zero-order valence-corrected chi connectivity index (χ0v) is 10.8. The molecule has 0 aliphatic rings. The van der Waals surface area contributed by atoms with E-state index >= 15 is 0 Å². The Labute approximate surface area is 109 Å². The van der Waals surface area contributed by atoms with E-state index in [1.807, 2.05) is 0 Å². The quantitative estimate of drug-likeness (QED) is 0.485. The summed E-state index contributed by atoms with van der Waals surface area (Å²) in [6.45, 7) is 0. The third-order valence-corrected chi connectivity index (χ3v) is 2.98. The third-order valence-electron chi connectivity index (χ3n) is 2.11. The van der Waals surface area contributed by atoms with Gasteiger partial charge >= 0.3 is 11.9 Å². The van der Waals surface area contributed by atoms with E-state index in [-0.39, 0.29) is 23.5 Å². The average molecular weight is 288 g/mol. The first-order valence-corrected chi connectivity index (χ1v) is 6.62. The highest BCUT2D eigenvalue weighted by molar-refractivity contribution is 7.85. The largest absolute Gasteiger partial charge is 0.469 e. The highest BCUT2D eigenvalue weighted by Gasteiger charge is 2.11. The summed E-state index contributed by atoms with van der Waals surface area (Å²) < 4.78 is 39.5. The molecule has 19 heavy (non-hydrogen) atoms. The molecular weight excluding hydrogens is 276 g/mol. The highest BCUT2D eigenvalue weighted by Crippen LogP contribution is 2.16. The number of ether oxygens (including phenoxy) is 2. The maximum Gasteiger partial charge on any atom is 0.311 e. The Kier molecular flexibility index (Phi) is 5.02. The summed E-state index contributed by atoms with van der Waals surface area (Å²) in [4.78, 5) is 21.8. The Bertz CT molecular complexity index is 559. The van der Waals surface area contributed by atoms with E-state index in [0.717, 1.165) is 12.1 Å². The van der Waals surface area contributed by atoms with Crippen LogP contribution in [-0.2, 0) is 24.4 Å². The van der Waals surface area contributed by atoms with Crippen molar-refractivity contribution >= 4 is 22.1 Å². The van der Waals surface area contributed by atoms with Crippen molar-refractivity contribution in [3.8, 4) is 5.75 Å². The van der Waals surface area contributed by atoms with E-state index in [1.54, 1.807) is 0 Å². The predicted molar refractivity (Wildman–Crippen MR) is 63.1 cm³/mol. The summed E-state index contributed by atoms with van der Waals surface area (Å²) in [6, 6.07) is 4.63. The van der Waals surface area contributed by atoms with Crippen LogP contribution in [0, 0.1) is 0 Å².